The van der Waals surface area contributed by atoms with Gasteiger partial charge in [0.1, 0.15) is 17.6 Å². The number of aromatic nitrogens is 2. The average Bonchev–Trinajstić information content (AvgIpc) is 2.96. The molecule has 0 unspecified atom stereocenters. The molecule has 4 rings (SSSR count). The summed E-state index contributed by atoms with van der Waals surface area (Å²) >= 11 is 0. The minimum Gasteiger partial charge on any atom is -0.454 e. The number of nitrogens with zero attached hydrogens (tertiary/aromatic N) is 2. The second-order valence-corrected chi connectivity index (χ2v) is 4.39. The van der Waals surface area contributed by atoms with Gasteiger partial charge >= 0.3 is 0 Å². The first-order valence-corrected chi connectivity index (χ1v) is 6.10. The van der Waals surface area contributed by atoms with E-state index in [4.69, 9.17) is 4.42 Å². The molecular weight excluding hydrogens is 236 g/mol. The van der Waals surface area contributed by atoms with E-state index in [-0.39, 0.29) is 0 Å². The molecular formula is C16H10N2O. The van der Waals surface area contributed by atoms with Crippen LogP contribution in [0.3, 0.4) is 0 Å². The van der Waals surface area contributed by atoms with Crippen LogP contribution in [-0.2, 0) is 0 Å². The first-order chi connectivity index (χ1) is 9.42. The van der Waals surface area contributed by atoms with Crippen LogP contribution in [0.2, 0.25) is 0 Å². The maximum atomic E-state index is 6.02. The van der Waals surface area contributed by atoms with E-state index in [0.717, 1.165) is 33.3 Å². The molecule has 4 aromatic rings. The van der Waals surface area contributed by atoms with Crippen LogP contribution in [0, 0.1) is 0 Å². The van der Waals surface area contributed by atoms with Gasteiger partial charge < -0.3 is 4.42 Å². The summed E-state index contributed by atoms with van der Waals surface area (Å²) in [5, 5.41) is 1.03. The van der Waals surface area contributed by atoms with Crippen molar-refractivity contribution in [3.05, 3.63) is 60.9 Å². The summed E-state index contributed by atoms with van der Waals surface area (Å²) < 4.78 is 6.02. The molecule has 0 N–H and O–H groups in total. The zero-order valence-electron chi connectivity index (χ0n) is 10.1. The van der Waals surface area contributed by atoms with E-state index in [1.807, 2.05) is 48.5 Å². The summed E-state index contributed by atoms with van der Waals surface area (Å²) in [4.78, 5) is 8.48. The molecule has 0 atom stereocenters. The molecule has 0 radical (unpaired) electrons. The van der Waals surface area contributed by atoms with Gasteiger partial charge in [-0.15, -0.1) is 0 Å². The lowest BCUT2D eigenvalue weighted by Gasteiger charge is -2.03. The van der Waals surface area contributed by atoms with E-state index in [2.05, 4.69) is 16.0 Å². The van der Waals surface area contributed by atoms with Gasteiger partial charge in [-0.25, -0.2) is 9.97 Å². The van der Waals surface area contributed by atoms with Crippen LogP contribution in [0.4, 0.5) is 0 Å². The van der Waals surface area contributed by atoms with Crippen molar-refractivity contribution in [3.63, 3.8) is 0 Å². The normalized spacial score (nSPS) is 11.2. The summed E-state index contributed by atoms with van der Waals surface area (Å²) in [6.45, 7) is 0. The SMILES string of the molecule is c1ccc(-c2ccc3ccc4ncnc4c3o2)cc1. The fraction of sp³-hybridized carbons (Fsp3) is 0. The summed E-state index contributed by atoms with van der Waals surface area (Å²) in [6, 6.07) is 18.0. The molecule has 3 nitrogen and oxygen atoms in total. The summed E-state index contributed by atoms with van der Waals surface area (Å²) in [6.07, 6.45) is 1.56. The van der Waals surface area contributed by atoms with Gasteiger partial charge in [0.15, 0.2) is 5.58 Å². The summed E-state index contributed by atoms with van der Waals surface area (Å²) in [7, 11) is 0. The molecule has 0 spiro atoms. The van der Waals surface area contributed by atoms with Gasteiger partial charge in [0, 0.05) is 10.9 Å². The standard InChI is InChI=1S/C16H10N2O/c1-2-4-11(5-3-1)14-9-7-12-6-8-13-15(16(12)19-14)18-10-17-13/h1-10H. The quantitative estimate of drug-likeness (QED) is 0.508. The zero-order chi connectivity index (χ0) is 12.7. The Morgan fingerprint density at radius 1 is 0.789 bits per heavy atom. The lowest BCUT2D eigenvalue weighted by atomic mass is 10.1. The monoisotopic (exact) mass is 246 g/mol. The van der Waals surface area contributed by atoms with Crippen LogP contribution in [0.1, 0.15) is 0 Å². The Balaban J connectivity index is 2.04. The molecule has 0 saturated carbocycles. The molecule has 90 valence electrons. The number of hydrogen-bond donors (Lipinski definition) is 0. The molecule has 2 aromatic heterocycles. The smallest absolute Gasteiger partial charge is 0.162 e. The van der Waals surface area contributed by atoms with Gasteiger partial charge in [-0.05, 0) is 24.3 Å². The number of rotatable bonds is 1. The Labute approximate surface area is 109 Å². The van der Waals surface area contributed by atoms with Crippen molar-refractivity contribution in [3.8, 4) is 11.3 Å². The Kier molecular flexibility index (Phi) is 2.12. The number of imidazole rings is 1. The molecule has 0 aliphatic heterocycles. The highest BCUT2D eigenvalue weighted by molar-refractivity contribution is 6.00. The zero-order valence-corrected chi connectivity index (χ0v) is 10.1. The molecule has 0 aliphatic carbocycles. The van der Waals surface area contributed by atoms with Gasteiger partial charge in [-0.1, -0.05) is 30.3 Å². The molecule has 0 bridgehead atoms. The highest BCUT2D eigenvalue weighted by Crippen LogP contribution is 2.28. The van der Waals surface area contributed by atoms with Gasteiger partial charge in [0.25, 0.3) is 0 Å². The molecule has 0 amide bonds. The predicted octanol–water partition coefficient (Wildman–Crippen LogP) is 4.04. The van der Waals surface area contributed by atoms with Crippen molar-refractivity contribution in [2.24, 2.45) is 0 Å². The highest BCUT2D eigenvalue weighted by Gasteiger charge is 2.07. The van der Waals surface area contributed by atoms with Crippen molar-refractivity contribution < 1.29 is 4.42 Å². The van der Waals surface area contributed by atoms with Crippen molar-refractivity contribution >= 4 is 22.0 Å². The lowest BCUT2D eigenvalue weighted by Crippen LogP contribution is -1.80. The van der Waals surface area contributed by atoms with E-state index < -0.39 is 0 Å². The number of benzene rings is 2. The Morgan fingerprint density at radius 3 is 2.53 bits per heavy atom. The van der Waals surface area contributed by atoms with Crippen molar-refractivity contribution in [1.82, 2.24) is 9.97 Å². The largest absolute Gasteiger partial charge is 0.454 e. The molecule has 2 heterocycles. The lowest BCUT2D eigenvalue weighted by molar-refractivity contribution is 0.623. The second-order valence-electron chi connectivity index (χ2n) is 4.39. The Hall–Kier alpha value is -2.68. The maximum absolute atomic E-state index is 6.02. The van der Waals surface area contributed by atoms with E-state index in [9.17, 15) is 0 Å². The molecule has 0 aliphatic rings. The van der Waals surface area contributed by atoms with E-state index in [1.165, 1.54) is 0 Å². The Bertz CT molecular complexity index is 866. The number of hydrogen-bond acceptors (Lipinski definition) is 3. The van der Waals surface area contributed by atoms with Crippen LogP contribution in [0.15, 0.2) is 65.3 Å². The third kappa shape index (κ3) is 1.59. The highest BCUT2D eigenvalue weighted by atomic mass is 16.3. The van der Waals surface area contributed by atoms with E-state index in [0.29, 0.717) is 0 Å². The van der Waals surface area contributed by atoms with Crippen LogP contribution in [0.25, 0.3) is 33.3 Å². The van der Waals surface area contributed by atoms with Gasteiger partial charge in [-0.3, -0.25) is 0 Å². The van der Waals surface area contributed by atoms with Gasteiger partial charge in [0.05, 0.1) is 5.52 Å². The molecule has 2 aromatic carbocycles. The predicted molar refractivity (Wildman–Crippen MR) is 74.7 cm³/mol. The van der Waals surface area contributed by atoms with Gasteiger partial charge in [0.2, 0.25) is 0 Å². The fourth-order valence-electron chi connectivity index (χ4n) is 2.26. The van der Waals surface area contributed by atoms with Gasteiger partial charge in [-0.2, -0.15) is 0 Å². The second kappa shape index (κ2) is 3.92. The van der Waals surface area contributed by atoms with E-state index in [1.54, 1.807) is 6.33 Å². The average molecular weight is 246 g/mol. The first kappa shape index (κ1) is 10.3. The molecule has 3 heteroatoms. The van der Waals surface area contributed by atoms with Crippen LogP contribution in [0.5, 0.6) is 0 Å². The van der Waals surface area contributed by atoms with Crippen molar-refractivity contribution in [1.29, 1.82) is 0 Å². The summed E-state index contributed by atoms with van der Waals surface area (Å²) in [5.41, 5.74) is 3.52. The maximum Gasteiger partial charge on any atom is 0.162 e. The first-order valence-electron chi connectivity index (χ1n) is 6.10. The minimum atomic E-state index is 0.788. The third-order valence-electron chi connectivity index (χ3n) is 3.21. The van der Waals surface area contributed by atoms with Crippen LogP contribution in [-0.4, -0.2) is 9.97 Å². The Morgan fingerprint density at radius 2 is 1.63 bits per heavy atom. The summed E-state index contributed by atoms with van der Waals surface area (Å²) in [5.74, 6) is 0.837. The topological polar surface area (TPSA) is 38.9 Å². The van der Waals surface area contributed by atoms with Crippen LogP contribution >= 0.6 is 0 Å². The van der Waals surface area contributed by atoms with Crippen molar-refractivity contribution in [2.45, 2.75) is 0 Å². The minimum absolute atomic E-state index is 0.788. The molecule has 0 fully saturated rings. The van der Waals surface area contributed by atoms with Crippen LogP contribution < -0.4 is 0 Å². The fourth-order valence-corrected chi connectivity index (χ4v) is 2.26. The number of fused-ring (bicyclic) bond motifs is 3. The molecule has 19 heavy (non-hydrogen) atoms. The van der Waals surface area contributed by atoms with E-state index >= 15 is 0 Å². The third-order valence-corrected chi connectivity index (χ3v) is 3.21. The molecule has 0 saturated heterocycles. The van der Waals surface area contributed by atoms with Crippen molar-refractivity contribution in [2.75, 3.05) is 0 Å².